The molecule has 0 aliphatic carbocycles. The monoisotopic (exact) mass is 406 g/mol. The first kappa shape index (κ1) is 20.6. The maximum absolute atomic E-state index is 12.9. The second-order valence-electron chi connectivity index (χ2n) is 6.91. The minimum absolute atomic E-state index is 0.0952. The fourth-order valence-corrected chi connectivity index (χ4v) is 3.26. The van der Waals surface area contributed by atoms with Crippen molar-refractivity contribution in [3.63, 3.8) is 0 Å². The van der Waals surface area contributed by atoms with Crippen molar-refractivity contribution in [2.24, 2.45) is 0 Å². The van der Waals surface area contributed by atoms with E-state index < -0.39 is 6.04 Å². The topological polar surface area (TPSA) is 49.4 Å². The molecule has 0 fully saturated rings. The van der Waals surface area contributed by atoms with Crippen molar-refractivity contribution in [1.82, 2.24) is 5.32 Å². The summed E-state index contributed by atoms with van der Waals surface area (Å²) in [6.45, 7) is 2.00. The van der Waals surface area contributed by atoms with Crippen molar-refractivity contribution in [2.45, 2.75) is 19.4 Å². The standard InChI is InChI=1S/C24H23ClN2O2/c1-17-12-14-19(15-13-17)27(2)23(28)16-22(18-8-4-3-5-9-18)26-24(29)20-10-6-7-11-21(20)25/h3-15,22H,16H2,1-2H3,(H,26,29). The van der Waals surface area contributed by atoms with Gasteiger partial charge in [0.05, 0.1) is 23.0 Å². The number of aryl methyl sites for hydroxylation is 1. The van der Waals surface area contributed by atoms with Gasteiger partial charge < -0.3 is 10.2 Å². The number of hydrogen-bond acceptors (Lipinski definition) is 2. The Labute approximate surface area is 176 Å². The molecule has 0 aliphatic rings. The first-order chi connectivity index (χ1) is 14.0. The first-order valence-corrected chi connectivity index (χ1v) is 9.77. The summed E-state index contributed by atoms with van der Waals surface area (Å²) in [6, 6.07) is 23.6. The molecule has 0 spiro atoms. The van der Waals surface area contributed by atoms with Crippen molar-refractivity contribution >= 4 is 29.1 Å². The second-order valence-corrected chi connectivity index (χ2v) is 7.32. The van der Waals surface area contributed by atoms with Gasteiger partial charge in [0.15, 0.2) is 0 Å². The molecule has 0 saturated carbocycles. The molecule has 0 aliphatic heterocycles. The molecule has 3 aromatic carbocycles. The maximum Gasteiger partial charge on any atom is 0.253 e. The fraction of sp³-hybridized carbons (Fsp3) is 0.167. The molecule has 3 rings (SSSR count). The Kier molecular flexibility index (Phi) is 6.68. The van der Waals surface area contributed by atoms with E-state index in [4.69, 9.17) is 11.6 Å². The van der Waals surface area contributed by atoms with E-state index in [1.807, 2.05) is 61.5 Å². The van der Waals surface area contributed by atoms with Crippen LogP contribution in [-0.2, 0) is 4.79 Å². The molecule has 4 nitrogen and oxygen atoms in total. The van der Waals surface area contributed by atoms with Crippen LogP contribution in [0.3, 0.4) is 0 Å². The third kappa shape index (κ3) is 5.24. The summed E-state index contributed by atoms with van der Waals surface area (Å²) in [6.07, 6.45) is 0.130. The molecule has 1 atom stereocenters. The van der Waals surface area contributed by atoms with Crippen molar-refractivity contribution in [3.05, 3.63) is 101 Å². The summed E-state index contributed by atoms with van der Waals surface area (Å²) in [5.41, 5.74) is 3.18. The Balaban J connectivity index is 1.80. The van der Waals surface area contributed by atoms with Crippen molar-refractivity contribution < 1.29 is 9.59 Å². The van der Waals surface area contributed by atoms with E-state index in [1.54, 1.807) is 36.2 Å². The van der Waals surface area contributed by atoms with Crippen LogP contribution in [-0.4, -0.2) is 18.9 Å². The van der Waals surface area contributed by atoms with Gasteiger partial charge in [0.25, 0.3) is 5.91 Å². The molecule has 0 aromatic heterocycles. The lowest BCUT2D eigenvalue weighted by atomic mass is 10.0. The smallest absolute Gasteiger partial charge is 0.253 e. The lowest BCUT2D eigenvalue weighted by Crippen LogP contribution is -2.35. The highest BCUT2D eigenvalue weighted by Crippen LogP contribution is 2.23. The number of amides is 2. The molecule has 1 N–H and O–H groups in total. The number of nitrogens with zero attached hydrogens (tertiary/aromatic N) is 1. The number of hydrogen-bond donors (Lipinski definition) is 1. The van der Waals surface area contributed by atoms with Gasteiger partial charge in [-0.15, -0.1) is 0 Å². The van der Waals surface area contributed by atoms with Gasteiger partial charge in [-0.05, 0) is 36.8 Å². The van der Waals surface area contributed by atoms with Crippen LogP contribution in [0.15, 0.2) is 78.9 Å². The summed E-state index contributed by atoms with van der Waals surface area (Å²) in [4.78, 5) is 27.3. The Morgan fingerprint density at radius 3 is 2.21 bits per heavy atom. The molecule has 3 aromatic rings. The van der Waals surface area contributed by atoms with Crippen LogP contribution < -0.4 is 10.2 Å². The third-order valence-electron chi connectivity index (χ3n) is 4.80. The van der Waals surface area contributed by atoms with E-state index in [1.165, 1.54) is 0 Å². The van der Waals surface area contributed by atoms with E-state index in [-0.39, 0.29) is 18.2 Å². The zero-order chi connectivity index (χ0) is 20.8. The number of carbonyl (C=O) groups excluding carboxylic acids is 2. The molecule has 0 radical (unpaired) electrons. The molecule has 0 saturated heterocycles. The van der Waals surface area contributed by atoms with Crippen LogP contribution in [0.4, 0.5) is 5.69 Å². The highest BCUT2D eigenvalue weighted by atomic mass is 35.5. The molecule has 29 heavy (non-hydrogen) atoms. The predicted octanol–water partition coefficient (Wildman–Crippen LogP) is 5.17. The predicted molar refractivity (Wildman–Crippen MR) is 117 cm³/mol. The van der Waals surface area contributed by atoms with E-state index >= 15 is 0 Å². The average Bonchev–Trinajstić information content (AvgIpc) is 2.74. The third-order valence-corrected chi connectivity index (χ3v) is 5.13. The van der Waals surface area contributed by atoms with Crippen LogP contribution >= 0.6 is 11.6 Å². The molecule has 1 unspecified atom stereocenters. The minimum Gasteiger partial charge on any atom is -0.345 e. The first-order valence-electron chi connectivity index (χ1n) is 9.39. The number of halogens is 1. The zero-order valence-corrected chi connectivity index (χ0v) is 17.2. The highest BCUT2D eigenvalue weighted by molar-refractivity contribution is 6.33. The van der Waals surface area contributed by atoms with Crippen LogP contribution in [0.1, 0.15) is 33.9 Å². The van der Waals surface area contributed by atoms with E-state index in [0.717, 1.165) is 16.8 Å². The van der Waals surface area contributed by atoms with Crippen molar-refractivity contribution in [3.8, 4) is 0 Å². The van der Waals surface area contributed by atoms with Gasteiger partial charge in [-0.2, -0.15) is 0 Å². The SMILES string of the molecule is Cc1ccc(N(C)C(=O)CC(NC(=O)c2ccccc2Cl)c2ccccc2)cc1. The van der Waals surface area contributed by atoms with Gasteiger partial charge in [0.2, 0.25) is 5.91 Å². The maximum atomic E-state index is 12.9. The quantitative estimate of drug-likeness (QED) is 0.613. The van der Waals surface area contributed by atoms with Gasteiger partial charge >= 0.3 is 0 Å². The number of nitrogens with one attached hydrogen (secondary N) is 1. The molecular weight excluding hydrogens is 384 g/mol. The van der Waals surface area contributed by atoms with Crippen LogP contribution in [0, 0.1) is 6.92 Å². The molecule has 5 heteroatoms. The largest absolute Gasteiger partial charge is 0.345 e. The zero-order valence-electron chi connectivity index (χ0n) is 16.4. The molecule has 2 amide bonds. The number of rotatable bonds is 6. The summed E-state index contributed by atoms with van der Waals surface area (Å²) < 4.78 is 0. The lowest BCUT2D eigenvalue weighted by Gasteiger charge is -2.23. The van der Waals surface area contributed by atoms with Gasteiger partial charge in [0.1, 0.15) is 0 Å². The number of anilines is 1. The summed E-state index contributed by atoms with van der Waals surface area (Å²) in [5, 5.41) is 3.34. The summed E-state index contributed by atoms with van der Waals surface area (Å²) >= 11 is 6.16. The summed E-state index contributed by atoms with van der Waals surface area (Å²) in [5.74, 6) is -0.405. The lowest BCUT2D eigenvalue weighted by molar-refractivity contribution is -0.118. The van der Waals surface area contributed by atoms with E-state index in [2.05, 4.69) is 5.32 Å². The molecular formula is C24H23ClN2O2. The highest BCUT2D eigenvalue weighted by Gasteiger charge is 2.22. The Morgan fingerprint density at radius 2 is 1.55 bits per heavy atom. The Morgan fingerprint density at radius 1 is 0.931 bits per heavy atom. The number of benzene rings is 3. The van der Waals surface area contributed by atoms with Gasteiger partial charge in [-0.25, -0.2) is 0 Å². The number of carbonyl (C=O) groups is 2. The van der Waals surface area contributed by atoms with Crippen molar-refractivity contribution in [2.75, 3.05) is 11.9 Å². The normalized spacial score (nSPS) is 11.6. The molecule has 148 valence electrons. The molecule has 0 heterocycles. The Hall–Kier alpha value is -3.11. The van der Waals surface area contributed by atoms with Crippen molar-refractivity contribution in [1.29, 1.82) is 0 Å². The molecule has 0 bridgehead atoms. The summed E-state index contributed by atoms with van der Waals surface area (Å²) in [7, 11) is 1.74. The van der Waals surface area contributed by atoms with Crippen LogP contribution in [0.2, 0.25) is 5.02 Å². The average molecular weight is 407 g/mol. The van der Waals surface area contributed by atoms with Gasteiger partial charge in [-0.1, -0.05) is 71.8 Å². The van der Waals surface area contributed by atoms with E-state index in [0.29, 0.717) is 10.6 Å². The van der Waals surface area contributed by atoms with E-state index in [9.17, 15) is 9.59 Å². The second kappa shape index (κ2) is 9.39. The Bertz CT molecular complexity index is 987. The minimum atomic E-state index is -0.472. The van der Waals surface area contributed by atoms with Crippen LogP contribution in [0.25, 0.3) is 0 Å². The van der Waals surface area contributed by atoms with Gasteiger partial charge in [-0.3, -0.25) is 9.59 Å². The van der Waals surface area contributed by atoms with Crippen LogP contribution in [0.5, 0.6) is 0 Å². The van der Waals surface area contributed by atoms with Gasteiger partial charge in [0, 0.05) is 12.7 Å². The fourth-order valence-electron chi connectivity index (χ4n) is 3.04.